The average Bonchev–Trinajstić information content (AvgIpc) is 3.33. The highest BCUT2D eigenvalue weighted by atomic mass is 79.9. The third-order valence-electron chi connectivity index (χ3n) is 5.55. The first-order valence-corrected chi connectivity index (χ1v) is 10.8. The first kappa shape index (κ1) is 20.7. The molecule has 7 nitrogen and oxygen atoms in total. The van der Waals surface area contributed by atoms with Crippen LogP contribution in [0.4, 0.5) is 5.69 Å². The smallest absolute Gasteiger partial charge is 0.278 e. The van der Waals surface area contributed by atoms with Crippen molar-refractivity contribution in [2.75, 3.05) is 5.32 Å². The van der Waals surface area contributed by atoms with Gasteiger partial charge in [-0.05, 0) is 48.4 Å². The number of nitrogens with one attached hydrogen (secondary N) is 1. The zero-order chi connectivity index (χ0) is 21.3. The summed E-state index contributed by atoms with van der Waals surface area (Å²) < 4.78 is 13.8. The molecule has 1 atom stereocenters. The van der Waals surface area contributed by atoms with Gasteiger partial charge in [-0.1, -0.05) is 41.9 Å². The number of nitrogens with zero attached hydrogens (tertiary/aromatic N) is 3. The van der Waals surface area contributed by atoms with Crippen LogP contribution in [0, 0.1) is 11.3 Å². The van der Waals surface area contributed by atoms with Crippen molar-refractivity contribution in [3.8, 4) is 5.75 Å². The van der Waals surface area contributed by atoms with Crippen molar-refractivity contribution in [1.82, 2.24) is 14.9 Å². The zero-order valence-corrected chi connectivity index (χ0v) is 18.9. The van der Waals surface area contributed by atoms with Gasteiger partial charge in [-0.2, -0.15) is 5.10 Å². The molecule has 30 heavy (non-hydrogen) atoms. The van der Waals surface area contributed by atoms with Crippen molar-refractivity contribution in [1.29, 1.82) is 0 Å². The van der Waals surface area contributed by atoms with Crippen LogP contribution in [0.5, 0.6) is 5.75 Å². The number of hydrogen-bond donors (Lipinski definition) is 1. The molecule has 0 aliphatic heterocycles. The molecule has 0 bridgehead atoms. The van der Waals surface area contributed by atoms with Gasteiger partial charge in [0.25, 0.3) is 5.91 Å². The number of amides is 1. The molecule has 1 aliphatic rings. The lowest BCUT2D eigenvalue weighted by Gasteiger charge is -2.33. The van der Waals surface area contributed by atoms with Gasteiger partial charge >= 0.3 is 0 Å². The number of carbonyl (C=O) groups excluding carboxylic acids is 1. The van der Waals surface area contributed by atoms with E-state index in [0.717, 1.165) is 40.8 Å². The van der Waals surface area contributed by atoms with Gasteiger partial charge in [0.1, 0.15) is 11.5 Å². The molecular weight excluding hydrogens is 448 g/mol. The number of aryl methyl sites for hydroxylation is 1. The van der Waals surface area contributed by atoms with Crippen LogP contribution in [0.2, 0.25) is 0 Å². The van der Waals surface area contributed by atoms with Gasteiger partial charge in [0.05, 0.1) is 18.1 Å². The van der Waals surface area contributed by atoms with Gasteiger partial charge in [0.15, 0.2) is 12.4 Å². The highest BCUT2D eigenvalue weighted by Crippen LogP contribution is 2.38. The summed E-state index contributed by atoms with van der Waals surface area (Å²) in [6, 6.07) is 7.56. The maximum Gasteiger partial charge on any atom is 0.278 e. The van der Waals surface area contributed by atoms with Crippen molar-refractivity contribution < 1.29 is 14.1 Å². The third-order valence-corrected chi connectivity index (χ3v) is 6.08. The van der Waals surface area contributed by atoms with Crippen LogP contribution in [-0.2, 0) is 19.6 Å². The van der Waals surface area contributed by atoms with E-state index in [2.05, 4.69) is 52.3 Å². The average molecular weight is 473 g/mol. The van der Waals surface area contributed by atoms with Gasteiger partial charge in [-0.3, -0.25) is 4.79 Å². The third kappa shape index (κ3) is 4.59. The number of hydrogen-bond acceptors (Lipinski definition) is 5. The second kappa shape index (κ2) is 8.26. The first-order valence-electron chi connectivity index (χ1n) is 9.99. The molecular formula is C22H25BrN4O3. The molecule has 0 saturated heterocycles. The largest absolute Gasteiger partial charge is 0.471 e. The Balaban J connectivity index is 1.40. The number of fused-ring (bicyclic) bond motifs is 1. The summed E-state index contributed by atoms with van der Waals surface area (Å²) in [6.45, 7) is 6.95. The fourth-order valence-electron chi connectivity index (χ4n) is 3.68. The Labute approximate surface area is 183 Å². The standard InChI is InChI=1S/C22H25BrN4O3/c1-22(2,3)14-4-9-19-18(10-14)20(26-30-19)21(28)25-16-11-24-27(12-16)13-29-17-7-5-15(23)6-8-17/h5-8,11-12,14H,4,9-10,13H2,1-3H3,(H,25,28). The zero-order valence-electron chi connectivity index (χ0n) is 17.3. The normalized spacial score (nSPS) is 16.2. The molecule has 0 spiro atoms. The van der Waals surface area contributed by atoms with E-state index >= 15 is 0 Å². The molecule has 2 aromatic heterocycles. The molecule has 158 valence electrons. The molecule has 1 N–H and O–H groups in total. The summed E-state index contributed by atoms with van der Waals surface area (Å²) >= 11 is 3.39. The highest BCUT2D eigenvalue weighted by Gasteiger charge is 2.34. The maximum atomic E-state index is 12.8. The van der Waals surface area contributed by atoms with E-state index < -0.39 is 0 Å². The van der Waals surface area contributed by atoms with E-state index in [4.69, 9.17) is 9.26 Å². The topological polar surface area (TPSA) is 82.2 Å². The minimum Gasteiger partial charge on any atom is -0.471 e. The van der Waals surface area contributed by atoms with Crippen LogP contribution in [0.15, 0.2) is 45.7 Å². The van der Waals surface area contributed by atoms with Crippen molar-refractivity contribution in [2.45, 2.75) is 46.8 Å². The van der Waals surface area contributed by atoms with E-state index in [9.17, 15) is 4.79 Å². The van der Waals surface area contributed by atoms with E-state index in [1.54, 1.807) is 17.1 Å². The quantitative estimate of drug-likeness (QED) is 0.560. The highest BCUT2D eigenvalue weighted by molar-refractivity contribution is 9.10. The van der Waals surface area contributed by atoms with Crippen LogP contribution in [-0.4, -0.2) is 20.8 Å². The Hall–Kier alpha value is -2.61. The van der Waals surface area contributed by atoms with E-state index in [1.807, 2.05) is 24.3 Å². The fraction of sp³-hybridized carbons (Fsp3) is 0.409. The molecule has 1 aliphatic carbocycles. The molecule has 1 amide bonds. The second-order valence-electron chi connectivity index (χ2n) is 8.69. The van der Waals surface area contributed by atoms with Crippen LogP contribution < -0.4 is 10.1 Å². The Kier molecular flexibility index (Phi) is 5.69. The predicted molar refractivity (Wildman–Crippen MR) is 116 cm³/mol. The first-order chi connectivity index (χ1) is 14.3. The molecule has 8 heteroatoms. The molecule has 0 saturated carbocycles. The number of carbonyl (C=O) groups is 1. The second-order valence-corrected chi connectivity index (χ2v) is 9.60. The van der Waals surface area contributed by atoms with Crippen LogP contribution in [0.1, 0.15) is 49.0 Å². The number of benzene rings is 1. The monoisotopic (exact) mass is 472 g/mol. The molecule has 1 aromatic carbocycles. The summed E-state index contributed by atoms with van der Waals surface area (Å²) in [5, 5.41) is 11.2. The molecule has 3 aromatic rings. The Morgan fingerprint density at radius 2 is 2.10 bits per heavy atom. The van der Waals surface area contributed by atoms with Crippen LogP contribution in [0.3, 0.4) is 0 Å². The lowest BCUT2D eigenvalue weighted by molar-refractivity contribution is 0.101. The number of ether oxygens (including phenoxy) is 1. The minimum atomic E-state index is -0.275. The summed E-state index contributed by atoms with van der Waals surface area (Å²) in [4.78, 5) is 12.8. The number of aromatic nitrogens is 3. The van der Waals surface area contributed by atoms with Gasteiger partial charge in [-0.15, -0.1) is 0 Å². The fourth-order valence-corrected chi connectivity index (χ4v) is 3.95. The van der Waals surface area contributed by atoms with E-state index in [-0.39, 0.29) is 18.1 Å². The van der Waals surface area contributed by atoms with Gasteiger partial charge < -0.3 is 14.6 Å². The lowest BCUT2D eigenvalue weighted by Crippen LogP contribution is -2.27. The van der Waals surface area contributed by atoms with Crippen molar-refractivity contribution in [2.24, 2.45) is 11.3 Å². The summed E-state index contributed by atoms with van der Waals surface area (Å²) in [5.74, 6) is 1.79. The lowest BCUT2D eigenvalue weighted by atomic mass is 9.71. The summed E-state index contributed by atoms with van der Waals surface area (Å²) in [5.41, 5.74) is 2.07. The Morgan fingerprint density at radius 1 is 1.33 bits per heavy atom. The van der Waals surface area contributed by atoms with Crippen molar-refractivity contribution >= 4 is 27.5 Å². The number of halogens is 1. The van der Waals surface area contributed by atoms with Gasteiger partial charge in [0, 0.05) is 16.5 Å². The summed E-state index contributed by atoms with van der Waals surface area (Å²) in [6.07, 6.45) is 6.00. The Morgan fingerprint density at radius 3 is 2.83 bits per heavy atom. The van der Waals surface area contributed by atoms with Crippen LogP contribution >= 0.6 is 15.9 Å². The molecule has 4 rings (SSSR count). The van der Waals surface area contributed by atoms with Crippen LogP contribution in [0.25, 0.3) is 0 Å². The minimum absolute atomic E-state index is 0.179. The van der Waals surface area contributed by atoms with Crippen molar-refractivity contribution in [3.05, 3.63) is 58.1 Å². The SMILES string of the molecule is CC(C)(C)C1CCc2onc(C(=O)Nc3cnn(COc4ccc(Br)cc4)c3)c2C1. The molecule has 0 radical (unpaired) electrons. The molecule has 0 fully saturated rings. The van der Waals surface area contributed by atoms with Crippen molar-refractivity contribution in [3.63, 3.8) is 0 Å². The maximum absolute atomic E-state index is 12.8. The summed E-state index contributed by atoms with van der Waals surface area (Å²) in [7, 11) is 0. The molecule has 1 unspecified atom stereocenters. The predicted octanol–water partition coefficient (Wildman–Crippen LogP) is 5.07. The number of rotatable bonds is 5. The van der Waals surface area contributed by atoms with E-state index in [0.29, 0.717) is 17.3 Å². The van der Waals surface area contributed by atoms with E-state index in [1.165, 1.54) is 0 Å². The Bertz CT molecular complexity index is 1030. The number of anilines is 1. The van der Waals surface area contributed by atoms with Gasteiger partial charge in [-0.25, -0.2) is 4.68 Å². The molecule has 2 heterocycles. The van der Waals surface area contributed by atoms with Gasteiger partial charge in [0.2, 0.25) is 0 Å².